The van der Waals surface area contributed by atoms with Gasteiger partial charge in [0.25, 0.3) is 0 Å². The van der Waals surface area contributed by atoms with Gasteiger partial charge in [-0.05, 0) is 50.8 Å². The molecule has 0 N–H and O–H groups in total. The second-order valence-corrected chi connectivity index (χ2v) is 8.80. The average molecular weight is 318 g/mol. The van der Waals surface area contributed by atoms with Crippen molar-refractivity contribution in [3.05, 3.63) is 76.4 Å². The molecule has 1 nitrogen and oxygen atoms in total. The number of carbonyl (C=O) groups excluding carboxylic acids is 1. The second kappa shape index (κ2) is 5.17. The molecule has 0 radical (unpaired) electrons. The second-order valence-electron chi connectivity index (χ2n) is 8.80. The monoisotopic (exact) mass is 318 g/mol. The highest BCUT2D eigenvalue weighted by atomic mass is 16.1. The summed E-state index contributed by atoms with van der Waals surface area (Å²) >= 11 is 0. The van der Waals surface area contributed by atoms with Crippen molar-refractivity contribution in [3.63, 3.8) is 0 Å². The molecule has 0 amide bonds. The van der Waals surface area contributed by atoms with Gasteiger partial charge in [-0.2, -0.15) is 0 Å². The van der Waals surface area contributed by atoms with Crippen molar-refractivity contribution in [1.29, 1.82) is 0 Å². The lowest BCUT2D eigenvalue weighted by Crippen LogP contribution is -2.25. The molecule has 2 aromatic rings. The Morgan fingerprint density at radius 2 is 1.17 bits per heavy atom. The molecule has 1 heteroatoms. The first-order valence-corrected chi connectivity index (χ1v) is 8.54. The van der Waals surface area contributed by atoms with Crippen LogP contribution in [0.2, 0.25) is 0 Å². The predicted molar refractivity (Wildman–Crippen MR) is 102 cm³/mol. The minimum atomic E-state index is -0.0176. The van der Waals surface area contributed by atoms with E-state index in [4.69, 9.17) is 0 Å². The van der Waals surface area contributed by atoms with Crippen LogP contribution in [-0.4, -0.2) is 5.78 Å². The maximum Gasteiger partial charge on any atom is 0.194 e. The van der Waals surface area contributed by atoms with Crippen LogP contribution in [0, 0.1) is 0 Å². The van der Waals surface area contributed by atoms with Gasteiger partial charge in [-0.25, -0.2) is 0 Å². The molecule has 0 saturated carbocycles. The molecule has 0 aliphatic heterocycles. The summed E-state index contributed by atoms with van der Waals surface area (Å²) < 4.78 is 0. The van der Waals surface area contributed by atoms with E-state index in [2.05, 4.69) is 60.3 Å². The van der Waals surface area contributed by atoms with Crippen LogP contribution < -0.4 is 0 Å². The van der Waals surface area contributed by atoms with Gasteiger partial charge < -0.3 is 0 Å². The van der Waals surface area contributed by atoms with Crippen molar-refractivity contribution in [1.82, 2.24) is 0 Å². The highest BCUT2D eigenvalue weighted by molar-refractivity contribution is 6.18. The summed E-state index contributed by atoms with van der Waals surface area (Å²) in [5, 5.41) is 0. The van der Waals surface area contributed by atoms with Crippen molar-refractivity contribution < 1.29 is 4.79 Å². The lowest BCUT2D eigenvalue weighted by atomic mass is 9.71. The molecule has 0 bridgehead atoms. The lowest BCUT2D eigenvalue weighted by molar-refractivity contribution is 0.103. The van der Waals surface area contributed by atoms with Crippen LogP contribution >= 0.6 is 0 Å². The summed E-state index contributed by atoms with van der Waals surface area (Å²) in [7, 11) is 0. The minimum absolute atomic E-state index is 0.0118. The summed E-state index contributed by atoms with van der Waals surface area (Å²) in [4.78, 5) is 13.1. The van der Waals surface area contributed by atoms with E-state index in [1.165, 1.54) is 11.1 Å². The quantitative estimate of drug-likeness (QED) is 0.505. The van der Waals surface area contributed by atoms with E-state index < -0.39 is 0 Å². The predicted octanol–water partition coefficient (Wildman–Crippen LogP) is 5.89. The minimum Gasteiger partial charge on any atom is -0.289 e. The molecule has 124 valence electrons. The van der Waals surface area contributed by atoms with Crippen LogP contribution in [0.15, 0.2) is 43.0 Å². The van der Waals surface area contributed by atoms with Crippen molar-refractivity contribution in [3.8, 4) is 0 Å². The SMILES string of the molecule is C=C1c2ccccc2C(=O)c2cc(C(C)(C)C)c(C(C)(C)C)cc21. The third-order valence-corrected chi connectivity index (χ3v) is 4.84. The van der Waals surface area contributed by atoms with E-state index in [0.717, 1.165) is 27.8 Å². The first-order valence-electron chi connectivity index (χ1n) is 8.54. The van der Waals surface area contributed by atoms with E-state index in [-0.39, 0.29) is 16.6 Å². The van der Waals surface area contributed by atoms with Gasteiger partial charge in [-0.3, -0.25) is 4.79 Å². The lowest BCUT2D eigenvalue weighted by Gasteiger charge is -2.33. The summed E-state index contributed by atoms with van der Waals surface area (Å²) in [6.07, 6.45) is 0. The molecule has 1 aliphatic rings. The third kappa shape index (κ3) is 2.53. The van der Waals surface area contributed by atoms with Gasteiger partial charge in [0.1, 0.15) is 0 Å². The molecule has 0 fully saturated rings. The Labute approximate surface area is 145 Å². The van der Waals surface area contributed by atoms with Gasteiger partial charge >= 0.3 is 0 Å². The average Bonchev–Trinajstić information content (AvgIpc) is 2.49. The van der Waals surface area contributed by atoms with Crippen LogP contribution in [0.4, 0.5) is 0 Å². The highest BCUT2D eigenvalue weighted by Crippen LogP contribution is 2.41. The fourth-order valence-electron chi connectivity index (χ4n) is 3.51. The van der Waals surface area contributed by atoms with Crippen LogP contribution in [0.3, 0.4) is 0 Å². The summed E-state index contributed by atoms with van der Waals surface area (Å²) in [5.74, 6) is 0.110. The zero-order valence-corrected chi connectivity index (χ0v) is 15.6. The fourth-order valence-corrected chi connectivity index (χ4v) is 3.51. The first kappa shape index (κ1) is 16.7. The van der Waals surface area contributed by atoms with Crippen molar-refractivity contribution in [2.24, 2.45) is 0 Å². The molecule has 0 saturated heterocycles. The van der Waals surface area contributed by atoms with Gasteiger partial charge in [0.2, 0.25) is 0 Å². The molecule has 0 atom stereocenters. The standard InChI is InChI=1S/C23H26O/c1-14-15-10-8-9-11-16(15)21(24)18-13-20(23(5,6)7)19(12-17(14)18)22(2,3)4/h8-13H,1H2,2-7H3. The largest absolute Gasteiger partial charge is 0.289 e. The Balaban J connectivity index is 2.34. The third-order valence-electron chi connectivity index (χ3n) is 4.84. The van der Waals surface area contributed by atoms with E-state index in [9.17, 15) is 4.79 Å². The highest BCUT2D eigenvalue weighted by Gasteiger charge is 2.32. The smallest absolute Gasteiger partial charge is 0.194 e. The van der Waals surface area contributed by atoms with Crippen molar-refractivity contribution in [2.45, 2.75) is 52.4 Å². The van der Waals surface area contributed by atoms with Gasteiger partial charge in [0.15, 0.2) is 5.78 Å². The summed E-state index contributed by atoms with van der Waals surface area (Å²) in [6.45, 7) is 17.6. The van der Waals surface area contributed by atoms with E-state index in [1.807, 2.05) is 24.3 Å². The van der Waals surface area contributed by atoms with Crippen LogP contribution in [0.5, 0.6) is 0 Å². The zero-order chi connectivity index (χ0) is 17.9. The Hall–Kier alpha value is -2.15. The van der Waals surface area contributed by atoms with Gasteiger partial charge in [-0.15, -0.1) is 0 Å². The maximum atomic E-state index is 13.1. The number of rotatable bonds is 0. The number of hydrogen-bond donors (Lipinski definition) is 0. The molecule has 24 heavy (non-hydrogen) atoms. The topological polar surface area (TPSA) is 17.1 Å². The Kier molecular flexibility index (Phi) is 3.60. The number of ketones is 1. The Morgan fingerprint density at radius 1 is 0.708 bits per heavy atom. The van der Waals surface area contributed by atoms with E-state index in [0.29, 0.717) is 0 Å². The van der Waals surface area contributed by atoms with E-state index in [1.54, 1.807) is 0 Å². The van der Waals surface area contributed by atoms with Gasteiger partial charge in [-0.1, -0.05) is 72.4 Å². The maximum absolute atomic E-state index is 13.1. The molecular formula is C23H26O. The van der Waals surface area contributed by atoms with Crippen molar-refractivity contribution >= 4 is 11.4 Å². The van der Waals surface area contributed by atoms with Gasteiger partial charge in [0, 0.05) is 11.1 Å². The fraction of sp³-hybridized carbons (Fsp3) is 0.348. The Bertz CT molecular complexity index is 783. The number of hydrogen-bond acceptors (Lipinski definition) is 1. The number of fused-ring (bicyclic) bond motifs is 2. The zero-order valence-electron chi connectivity index (χ0n) is 15.6. The Morgan fingerprint density at radius 3 is 1.67 bits per heavy atom. The van der Waals surface area contributed by atoms with Crippen LogP contribution in [0.25, 0.3) is 5.57 Å². The first-order chi connectivity index (χ1) is 11.0. The van der Waals surface area contributed by atoms with Crippen molar-refractivity contribution in [2.75, 3.05) is 0 Å². The molecule has 0 heterocycles. The molecule has 2 aromatic carbocycles. The summed E-state index contributed by atoms with van der Waals surface area (Å²) in [6, 6.07) is 12.1. The molecule has 0 spiro atoms. The molecule has 3 rings (SSSR count). The number of carbonyl (C=O) groups is 1. The molecular weight excluding hydrogens is 292 g/mol. The number of benzene rings is 2. The summed E-state index contributed by atoms with van der Waals surface area (Å²) in [5.41, 5.74) is 6.97. The normalized spacial score (nSPS) is 14.4. The molecule has 1 aliphatic carbocycles. The van der Waals surface area contributed by atoms with Crippen LogP contribution in [0.1, 0.15) is 79.7 Å². The van der Waals surface area contributed by atoms with Gasteiger partial charge in [0.05, 0.1) is 0 Å². The van der Waals surface area contributed by atoms with Crippen LogP contribution in [-0.2, 0) is 10.8 Å². The van der Waals surface area contributed by atoms with E-state index >= 15 is 0 Å². The molecule has 0 aromatic heterocycles. The molecule has 0 unspecified atom stereocenters.